The molecule has 8 nitrogen and oxygen atoms in total. The highest BCUT2D eigenvalue weighted by Gasteiger charge is 2.16. The largest absolute Gasteiger partial charge is 0.444 e. The van der Waals surface area contributed by atoms with Gasteiger partial charge in [-0.1, -0.05) is 12.1 Å². The summed E-state index contributed by atoms with van der Waals surface area (Å²) in [6.07, 6.45) is 6.96. The number of hydrogen-bond donors (Lipinski definition) is 3. The maximum atomic E-state index is 11.8. The fourth-order valence-corrected chi connectivity index (χ4v) is 2.61. The van der Waals surface area contributed by atoms with Gasteiger partial charge in [0.2, 0.25) is 0 Å². The summed E-state index contributed by atoms with van der Waals surface area (Å²) in [6, 6.07) is 7.75. The molecule has 1 aromatic heterocycles. The van der Waals surface area contributed by atoms with Crippen molar-refractivity contribution in [2.24, 2.45) is 4.99 Å². The molecular formula is C21H33IN6O2. The molecule has 166 valence electrons. The Kier molecular flexibility index (Phi) is 11.2. The van der Waals surface area contributed by atoms with Crippen LogP contribution in [0.5, 0.6) is 0 Å². The monoisotopic (exact) mass is 528 g/mol. The zero-order valence-corrected chi connectivity index (χ0v) is 20.5. The molecule has 0 aliphatic rings. The second-order valence-electron chi connectivity index (χ2n) is 7.65. The van der Waals surface area contributed by atoms with Gasteiger partial charge < -0.3 is 19.9 Å². The third-order valence-corrected chi connectivity index (χ3v) is 3.97. The van der Waals surface area contributed by atoms with Crippen LogP contribution in [0, 0.1) is 0 Å². The van der Waals surface area contributed by atoms with E-state index in [9.17, 15) is 4.79 Å². The molecule has 1 aromatic carbocycles. The number of nitrogens with one attached hydrogen (secondary N) is 3. The van der Waals surface area contributed by atoms with E-state index in [4.69, 9.17) is 4.74 Å². The zero-order valence-electron chi connectivity index (χ0n) is 18.1. The standard InChI is InChI=1S/C21H32N6O2.HI/c1-21(2,3)29-20(28)26-18-8-6-17(7-9-18)10-12-25-19(22-4)24-11-5-14-27-15-13-23-16-27;/h6-9,13,15-16H,5,10-12,14H2,1-4H3,(H,26,28)(H2,22,24,25);1H. The smallest absolute Gasteiger partial charge is 0.412 e. The van der Waals surface area contributed by atoms with Crippen LogP contribution >= 0.6 is 24.0 Å². The number of carbonyl (C=O) groups excluding carboxylic acids is 1. The molecule has 9 heteroatoms. The number of imidazole rings is 1. The summed E-state index contributed by atoms with van der Waals surface area (Å²) in [5.41, 5.74) is 1.37. The van der Waals surface area contributed by atoms with Crippen molar-refractivity contribution in [3.05, 3.63) is 48.5 Å². The van der Waals surface area contributed by atoms with E-state index in [1.807, 2.05) is 57.6 Å². The lowest BCUT2D eigenvalue weighted by atomic mass is 10.1. The minimum atomic E-state index is -0.512. The Morgan fingerprint density at radius 3 is 2.47 bits per heavy atom. The van der Waals surface area contributed by atoms with Gasteiger partial charge in [0, 0.05) is 44.8 Å². The van der Waals surface area contributed by atoms with Crippen molar-refractivity contribution in [3.63, 3.8) is 0 Å². The normalized spacial score (nSPS) is 11.4. The number of carbonyl (C=O) groups is 1. The molecule has 0 fully saturated rings. The summed E-state index contributed by atoms with van der Waals surface area (Å²) >= 11 is 0. The molecule has 0 radical (unpaired) electrons. The van der Waals surface area contributed by atoms with Crippen LogP contribution in [0.4, 0.5) is 10.5 Å². The highest BCUT2D eigenvalue weighted by molar-refractivity contribution is 14.0. The van der Waals surface area contributed by atoms with E-state index in [2.05, 4.69) is 30.5 Å². The number of nitrogens with zero attached hydrogens (tertiary/aromatic N) is 3. The Morgan fingerprint density at radius 2 is 1.87 bits per heavy atom. The van der Waals surface area contributed by atoms with Crippen LogP contribution in [0.1, 0.15) is 32.8 Å². The fourth-order valence-electron chi connectivity index (χ4n) is 2.61. The SMILES string of the molecule is CN=C(NCCCn1ccnc1)NCCc1ccc(NC(=O)OC(C)(C)C)cc1.I. The Morgan fingerprint density at radius 1 is 1.17 bits per heavy atom. The van der Waals surface area contributed by atoms with Crippen LogP contribution < -0.4 is 16.0 Å². The molecule has 0 aliphatic heterocycles. The van der Waals surface area contributed by atoms with Gasteiger partial charge in [0.05, 0.1) is 6.33 Å². The first kappa shape index (κ1) is 25.7. The summed E-state index contributed by atoms with van der Waals surface area (Å²) in [7, 11) is 1.77. The first-order valence-corrected chi connectivity index (χ1v) is 9.85. The van der Waals surface area contributed by atoms with Gasteiger partial charge >= 0.3 is 6.09 Å². The van der Waals surface area contributed by atoms with Crippen LogP contribution in [-0.4, -0.2) is 47.3 Å². The molecular weight excluding hydrogens is 495 g/mol. The number of anilines is 1. The predicted molar refractivity (Wildman–Crippen MR) is 132 cm³/mol. The minimum Gasteiger partial charge on any atom is -0.444 e. The second-order valence-corrected chi connectivity index (χ2v) is 7.65. The molecule has 30 heavy (non-hydrogen) atoms. The van der Waals surface area contributed by atoms with Gasteiger partial charge in [-0.3, -0.25) is 10.3 Å². The highest BCUT2D eigenvalue weighted by atomic mass is 127. The third-order valence-electron chi connectivity index (χ3n) is 3.97. The van der Waals surface area contributed by atoms with Gasteiger partial charge in [-0.25, -0.2) is 9.78 Å². The van der Waals surface area contributed by atoms with Crippen LogP contribution in [0.3, 0.4) is 0 Å². The molecule has 0 unspecified atom stereocenters. The molecule has 0 saturated carbocycles. The van der Waals surface area contributed by atoms with E-state index in [0.717, 1.165) is 38.4 Å². The van der Waals surface area contributed by atoms with Crippen molar-refractivity contribution < 1.29 is 9.53 Å². The number of ether oxygens (including phenoxy) is 1. The molecule has 2 rings (SSSR count). The second kappa shape index (κ2) is 13.1. The predicted octanol–water partition coefficient (Wildman–Crippen LogP) is 3.65. The quantitative estimate of drug-likeness (QED) is 0.211. The first-order chi connectivity index (χ1) is 13.9. The Labute approximate surface area is 195 Å². The molecule has 1 amide bonds. The van der Waals surface area contributed by atoms with Crippen LogP contribution in [0.25, 0.3) is 0 Å². The van der Waals surface area contributed by atoms with Crippen molar-refractivity contribution >= 4 is 41.7 Å². The third kappa shape index (κ3) is 10.5. The fraction of sp³-hybridized carbons (Fsp3) is 0.476. The molecule has 1 heterocycles. The zero-order chi connectivity index (χ0) is 21.1. The van der Waals surface area contributed by atoms with Gasteiger partial charge in [0.25, 0.3) is 0 Å². The van der Waals surface area contributed by atoms with Gasteiger partial charge in [-0.2, -0.15) is 0 Å². The molecule has 0 saturated heterocycles. The average molecular weight is 528 g/mol. The van der Waals surface area contributed by atoms with Gasteiger partial charge in [-0.05, 0) is 51.3 Å². The number of aryl methyl sites for hydroxylation is 1. The number of amides is 1. The van der Waals surface area contributed by atoms with Gasteiger partial charge in [0.1, 0.15) is 5.60 Å². The number of aliphatic imine (C=N–C) groups is 1. The number of guanidine groups is 1. The number of halogens is 1. The summed E-state index contributed by atoms with van der Waals surface area (Å²) in [4.78, 5) is 20.1. The Balaban J connectivity index is 0.00000450. The summed E-state index contributed by atoms with van der Waals surface area (Å²) in [5.74, 6) is 0.791. The summed E-state index contributed by atoms with van der Waals surface area (Å²) < 4.78 is 7.31. The van der Waals surface area contributed by atoms with Crippen molar-refractivity contribution in [2.75, 3.05) is 25.5 Å². The molecule has 0 spiro atoms. The summed E-state index contributed by atoms with van der Waals surface area (Å²) in [6.45, 7) is 8.04. The number of hydrogen-bond acceptors (Lipinski definition) is 4. The van der Waals surface area contributed by atoms with E-state index in [1.54, 1.807) is 13.2 Å². The molecule has 0 aliphatic carbocycles. The van der Waals surface area contributed by atoms with Crippen LogP contribution in [-0.2, 0) is 17.7 Å². The topological polar surface area (TPSA) is 92.6 Å². The van der Waals surface area contributed by atoms with Crippen molar-refractivity contribution in [1.29, 1.82) is 0 Å². The van der Waals surface area contributed by atoms with Crippen molar-refractivity contribution in [3.8, 4) is 0 Å². The Hall–Kier alpha value is -2.30. The highest BCUT2D eigenvalue weighted by Crippen LogP contribution is 2.13. The first-order valence-electron chi connectivity index (χ1n) is 9.85. The minimum absolute atomic E-state index is 0. The van der Waals surface area contributed by atoms with Gasteiger partial charge in [-0.15, -0.1) is 24.0 Å². The maximum Gasteiger partial charge on any atom is 0.412 e. The number of aromatic nitrogens is 2. The lowest BCUT2D eigenvalue weighted by Gasteiger charge is -2.19. The van der Waals surface area contributed by atoms with Crippen molar-refractivity contribution in [1.82, 2.24) is 20.2 Å². The molecule has 0 atom stereocenters. The van der Waals surface area contributed by atoms with E-state index in [1.165, 1.54) is 5.56 Å². The summed E-state index contributed by atoms with van der Waals surface area (Å²) in [5, 5.41) is 9.36. The molecule has 3 N–H and O–H groups in total. The maximum absolute atomic E-state index is 11.8. The molecule has 2 aromatic rings. The average Bonchev–Trinajstić information content (AvgIpc) is 3.17. The lowest BCUT2D eigenvalue weighted by molar-refractivity contribution is 0.0636. The molecule has 0 bridgehead atoms. The lowest BCUT2D eigenvalue weighted by Crippen LogP contribution is -2.38. The number of rotatable bonds is 8. The van der Waals surface area contributed by atoms with Crippen LogP contribution in [0.2, 0.25) is 0 Å². The van der Waals surface area contributed by atoms with E-state index in [0.29, 0.717) is 5.69 Å². The van der Waals surface area contributed by atoms with Crippen molar-refractivity contribution in [2.45, 2.75) is 45.8 Å². The van der Waals surface area contributed by atoms with Gasteiger partial charge in [0.15, 0.2) is 5.96 Å². The van der Waals surface area contributed by atoms with E-state index >= 15 is 0 Å². The number of benzene rings is 1. The Bertz CT molecular complexity index is 770. The van der Waals surface area contributed by atoms with Crippen LogP contribution in [0.15, 0.2) is 48.0 Å². The van der Waals surface area contributed by atoms with E-state index < -0.39 is 11.7 Å². The van der Waals surface area contributed by atoms with E-state index in [-0.39, 0.29) is 24.0 Å².